The number of rotatable bonds is 9. The molecular weight excluding hydrogens is 524 g/mol. The number of nitrogens with one attached hydrogen (secondary N) is 1. The minimum Gasteiger partial charge on any atom is -0.507 e. The van der Waals surface area contributed by atoms with Crippen LogP contribution in [0.1, 0.15) is 33.2 Å². The summed E-state index contributed by atoms with van der Waals surface area (Å²) in [6.45, 7) is 2.09. The van der Waals surface area contributed by atoms with Crippen molar-refractivity contribution < 1.29 is 23.1 Å². The van der Waals surface area contributed by atoms with E-state index in [0.717, 1.165) is 22.2 Å². The number of aromatic nitrogens is 1. The van der Waals surface area contributed by atoms with Gasteiger partial charge < -0.3 is 15.2 Å². The first-order valence-corrected chi connectivity index (χ1v) is 14.4. The van der Waals surface area contributed by atoms with Crippen molar-refractivity contribution in [3.05, 3.63) is 132 Å². The van der Waals surface area contributed by atoms with Crippen molar-refractivity contribution in [1.29, 1.82) is 0 Å². The molecule has 0 aliphatic carbocycles. The van der Waals surface area contributed by atoms with Crippen LogP contribution in [-0.2, 0) is 16.4 Å². The number of nitrogens with zero attached hydrogens (tertiary/aromatic N) is 1. The van der Waals surface area contributed by atoms with Gasteiger partial charge in [-0.2, -0.15) is 0 Å². The van der Waals surface area contributed by atoms with E-state index in [-0.39, 0.29) is 28.6 Å². The van der Waals surface area contributed by atoms with E-state index in [0.29, 0.717) is 11.3 Å². The highest BCUT2D eigenvalue weighted by Crippen LogP contribution is 2.26. The minimum absolute atomic E-state index is 0.0509. The fraction of sp³-hybridized carbons (Fsp3) is 0.125. The number of carbonyl (C=O) groups is 1. The van der Waals surface area contributed by atoms with Gasteiger partial charge in [0.05, 0.1) is 33.5 Å². The molecule has 0 saturated heterocycles. The summed E-state index contributed by atoms with van der Waals surface area (Å²) in [7, 11) is -3.78. The van der Waals surface area contributed by atoms with Crippen molar-refractivity contribution in [2.45, 2.75) is 24.5 Å². The number of amides is 1. The lowest BCUT2D eigenvalue weighted by Gasteiger charge is -2.21. The normalized spacial score (nSPS) is 12.1. The van der Waals surface area contributed by atoms with Gasteiger partial charge in [0.25, 0.3) is 5.91 Å². The first-order chi connectivity index (χ1) is 19.3. The SMILES string of the molecule is Cc1ccc(S(=O)(=O)CC(NC(=O)c2ccccc2O)c2cccc(OCc3ccc4ccccc4n3)c2)cc1. The van der Waals surface area contributed by atoms with Gasteiger partial charge in [0, 0.05) is 5.39 Å². The minimum atomic E-state index is -3.78. The Morgan fingerprint density at radius 1 is 0.900 bits per heavy atom. The highest BCUT2D eigenvalue weighted by atomic mass is 32.2. The highest BCUT2D eigenvalue weighted by Gasteiger charge is 2.26. The van der Waals surface area contributed by atoms with Crippen molar-refractivity contribution in [3.63, 3.8) is 0 Å². The van der Waals surface area contributed by atoms with Gasteiger partial charge in [0.2, 0.25) is 0 Å². The Bertz CT molecular complexity index is 1770. The van der Waals surface area contributed by atoms with Gasteiger partial charge in [0.1, 0.15) is 18.1 Å². The average molecular weight is 553 g/mol. The Balaban J connectivity index is 1.41. The van der Waals surface area contributed by atoms with Gasteiger partial charge in [-0.3, -0.25) is 4.79 Å². The van der Waals surface area contributed by atoms with Crippen molar-refractivity contribution in [1.82, 2.24) is 10.3 Å². The summed E-state index contributed by atoms with van der Waals surface area (Å²) in [6.07, 6.45) is 0. The second-order valence-electron chi connectivity index (χ2n) is 9.49. The topological polar surface area (TPSA) is 106 Å². The zero-order valence-corrected chi connectivity index (χ0v) is 22.6. The molecule has 1 heterocycles. The lowest BCUT2D eigenvalue weighted by molar-refractivity contribution is 0.0937. The van der Waals surface area contributed by atoms with E-state index in [2.05, 4.69) is 10.3 Å². The van der Waals surface area contributed by atoms with E-state index in [1.54, 1.807) is 60.7 Å². The Morgan fingerprint density at radius 2 is 1.65 bits per heavy atom. The van der Waals surface area contributed by atoms with Crippen LogP contribution in [0.2, 0.25) is 0 Å². The van der Waals surface area contributed by atoms with Crippen LogP contribution in [0.3, 0.4) is 0 Å². The molecule has 1 unspecified atom stereocenters. The molecule has 0 saturated carbocycles. The molecule has 0 bridgehead atoms. The van der Waals surface area contributed by atoms with Gasteiger partial charge in [-0.1, -0.05) is 66.2 Å². The second kappa shape index (κ2) is 11.6. The van der Waals surface area contributed by atoms with Crippen LogP contribution in [-0.4, -0.2) is 30.2 Å². The number of ether oxygens (including phenoxy) is 1. The molecule has 1 atom stereocenters. The van der Waals surface area contributed by atoms with Crippen LogP contribution in [0.25, 0.3) is 10.9 Å². The number of hydrogen-bond acceptors (Lipinski definition) is 6. The van der Waals surface area contributed by atoms with Crippen molar-refractivity contribution in [2.24, 2.45) is 0 Å². The second-order valence-corrected chi connectivity index (χ2v) is 11.5. The van der Waals surface area contributed by atoms with Gasteiger partial charge in [-0.05, 0) is 61.0 Å². The van der Waals surface area contributed by atoms with Crippen LogP contribution in [0, 0.1) is 6.92 Å². The molecule has 5 aromatic rings. The maximum absolute atomic E-state index is 13.4. The Labute approximate surface area is 233 Å². The van der Waals surface area contributed by atoms with Crippen molar-refractivity contribution in [3.8, 4) is 11.5 Å². The molecule has 40 heavy (non-hydrogen) atoms. The summed E-state index contributed by atoms with van der Waals surface area (Å²) in [6, 6.07) is 30.4. The maximum atomic E-state index is 13.4. The van der Waals surface area contributed by atoms with Gasteiger partial charge in [-0.15, -0.1) is 0 Å². The molecule has 0 radical (unpaired) electrons. The number of phenolic OH excluding ortho intramolecular Hbond substituents is 1. The molecule has 1 amide bonds. The summed E-state index contributed by atoms with van der Waals surface area (Å²) in [5.41, 5.74) is 3.15. The van der Waals surface area contributed by atoms with E-state index in [1.807, 2.05) is 43.3 Å². The number of aromatic hydroxyl groups is 1. The Hall–Kier alpha value is -4.69. The average Bonchev–Trinajstić information content (AvgIpc) is 2.96. The van der Waals surface area contributed by atoms with Gasteiger partial charge >= 0.3 is 0 Å². The molecule has 0 aliphatic rings. The van der Waals surface area contributed by atoms with Gasteiger partial charge in [-0.25, -0.2) is 13.4 Å². The molecular formula is C32H28N2O5S. The Morgan fingerprint density at radius 3 is 2.45 bits per heavy atom. The first kappa shape index (κ1) is 26.9. The molecule has 7 nitrogen and oxygen atoms in total. The standard InChI is InChI=1S/C32H28N2O5S/c1-22-13-17-27(18-14-22)40(37,38)21-30(34-32(36)28-10-3-5-12-31(28)35)24-8-6-9-26(19-24)39-20-25-16-15-23-7-2-4-11-29(23)33-25/h2-19,30,35H,20-21H2,1H3,(H,34,36). The predicted molar refractivity (Wildman–Crippen MR) is 154 cm³/mol. The largest absolute Gasteiger partial charge is 0.507 e. The number of phenols is 1. The summed E-state index contributed by atoms with van der Waals surface area (Å²) in [4.78, 5) is 17.9. The lowest BCUT2D eigenvalue weighted by Crippen LogP contribution is -2.33. The van der Waals surface area contributed by atoms with E-state index in [4.69, 9.17) is 4.74 Å². The number of carbonyl (C=O) groups excluding carboxylic acids is 1. The zero-order valence-electron chi connectivity index (χ0n) is 21.8. The van der Waals surface area contributed by atoms with Crippen LogP contribution in [0.5, 0.6) is 11.5 Å². The Kier molecular flexibility index (Phi) is 7.79. The number of benzene rings is 4. The van der Waals surface area contributed by atoms with E-state index >= 15 is 0 Å². The fourth-order valence-electron chi connectivity index (χ4n) is 4.35. The molecule has 5 rings (SSSR count). The van der Waals surface area contributed by atoms with Crippen molar-refractivity contribution in [2.75, 3.05) is 5.75 Å². The highest BCUT2D eigenvalue weighted by molar-refractivity contribution is 7.91. The quantitative estimate of drug-likeness (QED) is 0.240. The maximum Gasteiger partial charge on any atom is 0.255 e. The lowest BCUT2D eigenvalue weighted by atomic mass is 10.1. The summed E-state index contributed by atoms with van der Waals surface area (Å²) in [5.74, 6) is -0.665. The smallest absolute Gasteiger partial charge is 0.255 e. The third kappa shape index (κ3) is 6.30. The van der Waals surface area contributed by atoms with E-state index in [1.165, 1.54) is 12.1 Å². The molecule has 4 aromatic carbocycles. The van der Waals surface area contributed by atoms with Gasteiger partial charge in [0.15, 0.2) is 9.84 Å². The summed E-state index contributed by atoms with van der Waals surface area (Å²) >= 11 is 0. The molecule has 202 valence electrons. The molecule has 0 aliphatic heterocycles. The number of pyridine rings is 1. The number of sulfone groups is 1. The number of fused-ring (bicyclic) bond motifs is 1. The third-order valence-corrected chi connectivity index (χ3v) is 8.29. The molecule has 8 heteroatoms. The molecule has 0 fully saturated rings. The van der Waals surface area contributed by atoms with Crippen LogP contribution < -0.4 is 10.1 Å². The zero-order chi connectivity index (χ0) is 28.1. The first-order valence-electron chi connectivity index (χ1n) is 12.7. The number of hydrogen-bond donors (Lipinski definition) is 2. The summed E-state index contributed by atoms with van der Waals surface area (Å²) in [5, 5.41) is 14.0. The molecule has 0 spiro atoms. The molecule has 2 N–H and O–H groups in total. The van der Waals surface area contributed by atoms with Crippen LogP contribution in [0.4, 0.5) is 0 Å². The predicted octanol–water partition coefficient (Wildman–Crippen LogP) is 5.77. The van der Waals surface area contributed by atoms with Crippen LogP contribution >= 0.6 is 0 Å². The fourth-order valence-corrected chi connectivity index (χ4v) is 5.81. The third-order valence-electron chi connectivity index (χ3n) is 6.52. The monoisotopic (exact) mass is 552 g/mol. The number of aryl methyl sites for hydroxylation is 1. The van der Waals surface area contributed by atoms with E-state index in [9.17, 15) is 18.3 Å². The van der Waals surface area contributed by atoms with E-state index < -0.39 is 21.8 Å². The summed E-state index contributed by atoms with van der Waals surface area (Å²) < 4.78 is 32.8. The molecule has 1 aromatic heterocycles. The van der Waals surface area contributed by atoms with Crippen LogP contribution in [0.15, 0.2) is 114 Å². The van der Waals surface area contributed by atoms with Crippen molar-refractivity contribution >= 4 is 26.6 Å². The number of para-hydroxylation sites is 2.